The zero-order valence-corrected chi connectivity index (χ0v) is 12.9. The van der Waals surface area contributed by atoms with E-state index in [0.717, 1.165) is 6.42 Å². The lowest BCUT2D eigenvalue weighted by molar-refractivity contribution is -0.122. The van der Waals surface area contributed by atoms with Crippen LogP contribution < -0.4 is 20.7 Å². The lowest BCUT2D eigenvalue weighted by Crippen LogP contribution is -2.37. The van der Waals surface area contributed by atoms with Crippen LogP contribution in [0.2, 0.25) is 0 Å². The second-order valence-corrected chi connectivity index (χ2v) is 5.24. The first-order valence-electron chi connectivity index (χ1n) is 7.17. The third kappa shape index (κ3) is 4.11. The summed E-state index contributed by atoms with van der Waals surface area (Å²) in [6.45, 7) is 4.17. The molecule has 0 saturated heterocycles. The van der Waals surface area contributed by atoms with Crippen LogP contribution in [-0.4, -0.2) is 37.8 Å². The molecule has 2 rings (SSSR count). The summed E-state index contributed by atoms with van der Waals surface area (Å²) in [6.07, 6.45) is 0.215. The van der Waals surface area contributed by atoms with E-state index in [4.69, 9.17) is 9.47 Å². The van der Waals surface area contributed by atoms with Gasteiger partial charge in [0.2, 0.25) is 0 Å². The lowest BCUT2D eigenvalue weighted by atomic mass is 10.2. The monoisotopic (exact) mass is 307 g/mol. The highest BCUT2D eigenvalue weighted by Gasteiger charge is 2.23. The lowest BCUT2D eigenvalue weighted by Gasteiger charge is -2.23. The molecule has 1 aliphatic heterocycles. The smallest absolute Gasteiger partial charge is 0.319 e. The van der Waals surface area contributed by atoms with Crippen LogP contribution in [-0.2, 0) is 9.53 Å². The molecular formula is C15H21N3O4. The number of carbonyl (C=O) groups excluding carboxylic acids is 2. The molecule has 7 nitrogen and oxygen atoms in total. The van der Waals surface area contributed by atoms with E-state index in [0.29, 0.717) is 23.7 Å². The number of hydrogen-bond acceptors (Lipinski definition) is 4. The summed E-state index contributed by atoms with van der Waals surface area (Å²) >= 11 is 0. The first-order valence-corrected chi connectivity index (χ1v) is 7.17. The Balaban J connectivity index is 1.95. The van der Waals surface area contributed by atoms with Crippen molar-refractivity contribution in [2.24, 2.45) is 0 Å². The van der Waals surface area contributed by atoms with Crippen molar-refractivity contribution in [2.75, 3.05) is 24.4 Å². The Morgan fingerprint density at radius 2 is 2.27 bits per heavy atom. The van der Waals surface area contributed by atoms with Gasteiger partial charge in [-0.25, -0.2) is 4.79 Å². The quantitative estimate of drug-likeness (QED) is 0.776. The molecule has 1 aromatic carbocycles. The van der Waals surface area contributed by atoms with E-state index in [1.807, 2.05) is 6.92 Å². The molecule has 0 aromatic heterocycles. The van der Waals surface area contributed by atoms with Crippen molar-refractivity contribution >= 4 is 23.3 Å². The summed E-state index contributed by atoms with van der Waals surface area (Å²) < 4.78 is 10.4. The number of hydrogen-bond donors (Lipinski definition) is 3. The fourth-order valence-electron chi connectivity index (χ4n) is 2.04. The fraction of sp³-hybridized carbons (Fsp3) is 0.467. The first-order chi connectivity index (χ1) is 10.5. The summed E-state index contributed by atoms with van der Waals surface area (Å²) in [5.74, 6) is 0.383. The number of amides is 3. The van der Waals surface area contributed by atoms with Crippen molar-refractivity contribution in [1.29, 1.82) is 0 Å². The minimum atomic E-state index is -0.517. The third-order valence-corrected chi connectivity index (χ3v) is 3.30. The van der Waals surface area contributed by atoms with E-state index in [1.165, 1.54) is 0 Å². The Bertz CT molecular complexity index is 562. The highest BCUT2D eigenvalue weighted by Crippen LogP contribution is 2.32. The number of rotatable bonds is 5. The highest BCUT2D eigenvalue weighted by atomic mass is 16.5. The molecule has 22 heavy (non-hydrogen) atoms. The number of benzene rings is 1. The zero-order valence-electron chi connectivity index (χ0n) is 12.9. The molecule has 1 heterocycles. The van der Waals surface area contributed by atoms with Gasteiger partial charge in [-0.1, -0.05) is 0 Å². The van der Waals surface area contributed by atoms with Crippen LogP contribution in [0.1, 0.15) is 20.3 Å². The number of methoxy groups -OCH3 is 1. The molecular weight excluding hydrogens is 286 g/mol. The van der Waals surface area contributed by atoms with Gasteiger partial charge >= 0.3 is 6.03 Å². The number of urea groups is 1. The van der Waals surface area contributed by atoms with E-state index in [9.17, 15) is 9.59 Å². The van der Waals surface area contributed by atoms with Gasteiger partial charge in [0.1, 0.15) is 5.75 Å². The van der Waals surface area contributed by atoms with Gasteiger partial charge in [0, 0.05) is 25.4 Å². The van der Waals surface area contributed by atoms with Crippen LogP contribution in [0.25, 0.3) is 0 Å². The molecule has 0 bridgehead atoms. The van der Waals surface area contributed by atoms with E-state index in [1.54, 1.807) is 32.2 Å². The molecule has 0 spiro atoms. The molecule has 0 fully saturated rings. The molecule has 0 radical (unpaired) electrons. The van der Waals surface area contributed by atoms with E-state index in [-0.39, 0.29) is 18.0 Å². The van der Waals surface area contributed by atoms with Crippen LogP contribution in [0.3, 0.4) is 0 Å². The van der Waals surface area contributed by atoms with E-state index >= 15 is 0 Å². The van der Waals surface area contributed by atoms with Crippen molar-refractivity contribution in [3.05, 3.63) is 18.2 Å². The van der Waals surface area contributed by atoms with Crippen molar-refractivity contribution in [2.45, 2.75) is 32.4 Å². The molecule has 0 aliphatic carbocycles. The Hall–Kier alpha value is -2.28. The van der Waals surface area contributed by atoms with Crippen molar-refractivity contribution in [3.63, 3.8) is 0 Å². The fourth-order valence-corrected chi connectivity index (χ4v) is 2.04. The first kappa shape index (κ1) is 16.1. The highest BCUT2D eigenvalue weighted by molar-refractivity contribution is 5.99. The van der Waals surface area contributed by atoms with Gasteiger partial charge < -0.3 is 25.4 Å². The van der Waals surface area contributed by atoms with E-state index < -0.39 is 6.10 Å². The Kier molecular flexibility index (Phi) is 5.21. The second-order valence-electron chi connectivity index (χ2n) is 5.24. The molecule has 3 amide bonds. The largest absolute Gasteiger partial charge is 0.479 e. The van der Waals surface area contributed by atoms with Crippen molar-refractivity contribution in [3.8, 4) is 5.75 Å². The van der Waals surface area contributed by atoms with Crippen LogP contribution >= 0.6 is 0 Å². The molecule has 7 heteroatoms. The Morgan fingerprint density at radius 1 is 1.50 bits per heavy atom. The van der Waals surface area contributed by atoms with Crippen LogP contribution in [0.4, 0.5) is 16.2 Å². The van der Waals surface area contributed by atoms with Gasteiger partial charge in [-0.2, -0.15) is 0 Å². The molecule has 2 atom stereocenters. The van der Waals surface area contributed by atoms with Gasteiger partial charge in [0.15, 0.2) is 6.10 Å². The van der Waals surface area contributed by atoms with Gasteiger partial charge in [-0.15, -0.1) is 0 Å². The maximum atomic E-state index is 11.9. The topological polar surface area (TPSA) is 88.7 Å². The molecule has 3 N–H and O–H groups in total. The number of carbonyl (C=O) groups is 2. The Morgan fingerprint density at radius 3 is 3.00 bits per heavy atom. The SMILES string of the molecule is COCC[C@@H](C)NC(=O)Nc1ccc2c(c1)NC(=O)[C@@H](C)O2. The van der Waals surface area contributed by atoms with Crippen LogP contribution in [0.5, 0.6) is 5.75 Å². The predicted octanol–water partition coefficient (Wildman–Crippen LogP) is 1.95. The summed E-state index contributed by atoms with van der Waals surface area (Å²) in [4.78, 5) is 23.5. The number of ether oxygens (including phenoxy) is 2. The van der Waals surface area contributed by atoms with Gasteiger partial charge in [0.25, 0.3) is 5.91 Å². The maximum absolute atomic E-state index is 11.9. The molecule has 120 valence electrons. The van der Waals surface area contributed by atoms with Gasteiger partial charge in [0.05, 0.1) is 5.69 Å². The van der Waals surface area contributed by atoms with Crippen molar-refractivity contribution in [1.82, 2.24) is 5.32 Å². The molecule has 0 unspecified atom stereocenters. The standard InChI is InChI=1S/C15H21N3O4/c1-9(6-7-21-3)16-15(20)17-11-4-5-13-12(8-11)18-14(19)10(2)22-13/h4-5,8-10H,6-7H2,1-3H3,(H,18,19)(H2,16,17,20)/t9-,10-/m1/s1. The van der Waals surface area contributed by atoms with Crippen LogP contribution in [0.15, 0.2) is 18.2 Å². The van der Waals surface area contributed by atoms with Crippen LogP contribution in [0, 0.1) is 0 Å². The summed E-state index contributed by atoms with van der Waals surface area (Å²) in [5.41, 5.74) is 1.13. The number of fused-ring (bicyclic) bond motifs is 1. The van der Waals surface area contributed by atoms with Gasteiger partial charge in [-0.05, 0) is 38.5 Å². The summed E-state index contributed by atoms with van der Waals surface area (Å²) in [6, 6.07) is 4.80. The molecule has 1 aliphatic rings. The Labute approximate surface area is 129 Å². The normalized spacial score (nSPS) is 17.8. The average molecular weight is 307 g/mol. The number of anilines is 2. The minimum absolute atomic E-state index is 0.00135. The summed E-state index contributed by atoms with van der Waals surface area (Å²) in [5, 5.41) is 8.28. The zero-order chi connectivity index (χ0) is 16.1. The van der Waals surface area contributed by atoms with E-state index in [2.05, 4.69) is 16.0 Å². The predicted molar refractivity (Wildman–Crippen MR) is 83.3 cm³/mol. The summed E-state index contributed by atoms with van der Waals surface area (Å²) in [7, 11) is 1.62. The average Bonchev–Trinajstić information content (AvgIpc) is 2.46. The molecule has 1 aromatic rings. The minimum Gasteiger partial charge on any atom is -0.479 e. The molecule has 0 saturated carbocycles. The van der Waals surface area contributed by atoms with Crippen molar-refractivity contribution < 1.29 is 19.1 Å². The maximum Gasteiger partial charge on any atom is 0.319 e. The third-order valence-electron chi connectivity index (χ3n) is 3.30. The second kappa shape index (κ2) is 7.13. The number of nitrogens with one attached hydrogen (secondary N) is 3. The van der Waals surface area contributed by atoms with Gasteiger partial charge in [-0.3, -0.25) is 4.79 Å².